The summed E-state index contributed by atoms with van der Waals surface area (Å²) < 4.78 is 27.1. The molecule has 2 N–H and O–H groups in total. The first kappa shape index (κ1) is 15.7. The highest BCUT2D eigenvalue weighted by Gasteiger charge is 2.46. The first-order valence-electron chi connectivity index (χ1n) is 7.27. The van der Waals surface area contributed by atoms with Crippen molar-refractivity contribution in [3.63, 3.8) is 0 Å². The lowest BCUT2D eigenvalue weighted by molar-refractivity contribution is 0.0222. The molecule has 1 unspecified atom stereocenters. The van der Waals surface area contributed by atoms with Crippen LogP contribution in [0, 0.1) is 5.92 Å². The van der Waals surface area contributed by atoms with Crippen LogP contribution >= 0.6 is 11.3 Å². The summed E-state index contributed by atoms with van der Waals surface area (Å²) in [5, 5.41) is 12.8. The van der Waals surface area contributed by atoms with Crippen molar-refractivity contribution in [2.24, 2.45) is 5.92 Å². The average molecular weight is 337 g/mol. The zero-order valence-electron chi connectivity index (χ0n) is 12.1. The molecule has 118 valence electrons. The van der Waals surface area contributed by atoms with Gasteiger partial charge in [-0.25, -0.2) is 13.1 Å². The van der Waals surface area contributed by atoms with Crippen LogP contribution in [0.2, 0.25) is 0 Å². The topological polar surface area (TPSA) is 66.4 Å². The van der Waals surface area contributed by atoms with Crippen LogP contribution in [0.25, 0.3) is 0 Å². The minimum absolute atomic E-state index is 0.0351. The molecular weight excluding hydrogens is 318 g/mol. The van der Waals surface area contributed by atoms with Gasteiger partial charge >= 0.3 is 0 Å². The Balaban J connectivity index is 1.70. The van der Waals surface area contributed by atoms with Crippen molar-refractivity contribution in [1.82, 2.24) is 4.72 Å². The SMILES string of the molecule is O=S(=O)(Cc1ccccc1)NCC(O)(c1cccs1)C1CC1. The van der Waals surface area contributed by atoms with Gasteiger partial charge in [0.2, 0.25) is 10.0 Å². The monoisotopic (exact) mass is 337 g/mol. The highest BCUT2D eigenvalue weighted by atomic mass is 32.2. The Bertz CT molecular complexity index is 709. The number of nitrogens with one attached hydrogen (secondary N) is 1. The van der Waals surface area contributed by atoms with Crippen molar-refractivity contribution in [2.45, 2.75) is 24.2 Å². The van der Waals surface area contributed by atoms with Gasteiger partial charge in [0, 0.05) is 11.4 Å². The summed E-state index contributed by atoms with van der Waals surface area (Å²) in [7, 11) is -3.47. The first-order chi connectivity index (χ1) is 10.5. The normalized spacial score (nSPS) is 18.0. The summed E-state index contributed by atoms with van der Waals surface area (Å²) in [5.41, 5.74) is -0.348. The fourth-order valence-corrected chi connectivity index (χ4v) is 4.66. The minimum Gasteiger partial charge on any atom is -0.383 e. The lowest BCUT2D eigenvalue weighted by Gasteiger charge is -2.27. The smallest absolute Gasteiger partial charge is 0.215 e. The maximum absolute atomic E-state index is 12.2. The molecule has 1 aromatic carbocycles. The zero-order chi connectivity index (χ0) is 15.6. The predicted molar refractivity (Wildman–Crippen MR) is 88.0 cm³/mol. The number of hydrogen-bond donors (Lipinski definition) is 2. The van der Waals surface area contributed by atoms with Gasteiger partial charge in [-0.3, -0.25) is 0 Å². The van der Waals surface area contributed by atoms with E-state index in [1.54, 1.807) is 12.1 Å². The molecule has 22 heavy (non-hydrogen) atoms. The van der Waals surface area contributed by atoms with Gasteiger partial charge in [0.05, 0.1) is 5.75 Å². The summed E-state index contributed by atoms with van der Waals surface area (Å²) in [6.07, 6.45) is 1.88. The molecule has 1 saturated carbocycles. The van der Waals surface area contributed by atoms with Crippen LogP contribution in [-0.2, 0) is 21.4 Å². The average Bonchev–Trinajstić information content (AvgIpc) is 3.21. The van der Waals surface area contributed by atoms with E-state index in [-0.39, 0.29) is 18.2 Å². The number of aliphatic hydroxyl groups is 1. The van der Waals surface area contributed by atoms with E-state index in [1.165, 1.54) is 11.3 Å². The van der Waals surface area contributed by atoms with Crippen molar-refractivity contribution in [2.75, 3.05) is 6.54 Å². The first-order valence-corrected chi connectivity index (χ1v) is 9.80. The fraction of sp³-hybridized carbons (Fsp3) is 0.375. The van der Waals surface area contributed by atoms with Crippen LogP contribution in [0.1, 0.15) is 23.3 Å². The van der Waals surface area contributed by atoms with E-state index in [2.05, 4.69) is 4.72 Å². The number of benzene rings is 1. The van der Waals surface area contributed by atoms with Gasteiger partial charge in [0.25, 0.3) is 0 Å². The highest BCUT2D eigenvalue weighted by Crippen LogP contribution is 2.46. The number of thiophene rings is 1. The molecule has 1 aliphatic carbocycles. The van der Waals surface area contributed by atoms with Crippen LogP contribution < -0.4 is 4.72 Å². The van der Waals surface area contributed by atoms with E-state index < -0.39 is 15.6 Å². The second kappa shape index (κ2) is 6.12. The molecule has 0 bridgehead atoms. The highest BCUT2D eigenvalue weighted by molar-refractivity contribution is 7.88. The predicted octanol–water partition coefficient (Wildman–Crippen LogP) is 2.47. The summed E-state index contributed by atoms with van der Waals surface area (Å²) in [4.78, 5) is 0.831. The third-order valence-corrected chi connectivity index (χ3v) is 6.30. The fourth-order valence-electron chi connectivity index (χ4n) is 2.58. The van der Waals surface area contributed by atoms with E-state index in [1.807, 2.05) is 35.7 Å². The van der Waals surface area contributed by atoms with Crippen LogP contribution in [0.5, 0.6) is 0 Å². The number of sulfonamides is 1. The molecule has 1 heterocycles. The second-order valence-electron chi connectivity index (χ2n) is 5.74. The van der Waals surface area contributed by atoms with Gasteiger partial charge in [0.1, 0.15) is 5.60 Å². The molecule has 0 amide bonds. The van der Waals surface area contributed by atoms with Crippen LogP contribution in [0.3, 0.4) is 0 Å². The van der Waals surface area contributed by atoms with E-state index in [0.717, 1.165) is 23.3 Å². The molecule has 1 fully saturated rings. The molecule has 6 heteroatoms. The Morgan fingerprint density at radius 1 is 1.18 bits per heavy atom. The van der Waals surface area contributed by atoms with Gasteiger partial charge in [0.15, 0.2) is 0 Å². The lowest BCUT2D eigenvalue weighted by Crippen LogP contribution is -2.42. The van der Waals surface area contributed by atoms with Gasteiger partial charge in [-0.05, 0) is 35.8 Å². The number of hydrogen-bond acceptors (Lipinski definition) is 4. The van der Waals surface area contributed by atoms with Crippen molar-refractivity contribution in [1.29, 1.82) is 0 Å². The molecule has 0 saturated heterocycles. The van der Waals surface area contributed by atoms with Gasteiger partial charge in [-0.2, -0.15) is 0 Å². The van der Waals surface area contributed by atoms with E-state index in [4.69, 9.17) is 0 Å². The molecule has 4 nitrogen and oxygen atoms in total. The molecule has 0 aliphatic heterocycles. The zero-order valence-corrected chi connectivity index (χ0v) is 13.7. The summed E-state index contributed by atoms with van der Waals surface area (Å²) in [5.74, 6) is 0.0736. The Hall–Kier alpha value is -1.21. The van der Waals surface area contributed by atoms with Crippen molar-refractivity contribution in [3.05, 3.63) is 58.3 Å². The minimum atomic E-state index is -3.47. The van der Waals surface area contributed by atoms with E-state index >= 15 is 0 Å². The van der Waals surface area contributed by atoms with Gasteiger partial charge in [-0.15, -0.1) is 11.3 Å². The van der Waals surface area contributed by atoms with Crippen LogP contribution in [-0.4, -0.2) is 20.1 Å². The second-order valence-corrected chi connectivity index (χ2v) is 8.50. The molecule has 1 aliphatic rings. The Morgan fingerprint density at radius 2 is 1.91 bits per heavy atom. The molecule has 3 rings (SSSR count). The third kappa shape index (κ3) is 3.57. The quantitative estimate of drug-likeness (QED) is 0.816. The maximum atomic E-state index is 12.2. The maximum Gasteiger partial charge on any atom is 0.215 e. The Kier molecular flexibility index (Phi) is 4.36. The van der Waals surface area contributed by atoms with Crippen molar-refractivity contribution in [3.8, 4) is 0 Å². The van der Waals surface area contributed by atoms with E-state index in [0.29, 0.717) is 0 Å². The molecule has 0 radical (unpaired) electrons. The third-order valence-electron chi connectivity index (χ3n) is 3.96. The largest absolute Gasteiger partial charge is 0.383 e. The molecule has 0 spiro atoms. The van der Waals surface area contributed by atoms with Crippen molar-refractivity contribution < 1.29 is 13.5 Å². The Morgan fingerprint density at radius 3 is 2.50 bits per heavy atom. The molecule has 1 aromatic heterocycles. The van der Waals surface area contributed by atoms with Crippen molar-refractivity contribution >= 4 is 21.4 Å². The van der Waals surface area contributed by atoms with E-state index in [9.17, 15) is 13.5 Å². The van der Waals surface area contributed by atoms with Crippen LogP contribution in [0.4, 0.5) is 0 Å². The number of rotatable bonds is 7. The molecular formula is C16H19NO3S2. The standard InChI is InChI=1S/C16H19NO3S2/c18-16(14-8-9-14,15-7-4-10-21-15)12-17-22(19,20)11-13-5-2-1-3-6-13/h1-7,10,14,17-18H,8-9,11-12H2. The lowest BCUT2D eigenvalue weighted by atomic mass is 9.96. The summed E-state index contributed by atoms with van der Waals surface area (Å²) in [6.45, 7) is 0.0351. The molecule has 1 atom stereocenters. The van der Waals surface area contributed by atoms with Gasteiger partial charge in [-0.1, -0.05) is 36.4 Å². The summed E-state index contributed by atoms with van der Waals surface area (Å²) in [6, 6.07) is 12.8. The van der Waals surface area contributed by atoms with Gasteiger partial charge < -0.3 is 5.11 Å². The Labute approximate surface area is 134 Å². The van der Waals surface area contributed by atoms with Crippen LogP contribution in [0.15, 0.2) is 47.8 Å². The summed E-state index contributed by atoms with van der Waals surface area (Å²) >= 11 is 1.47. The molecule has 2 aromatic rings.